The molecular formula is C20H27N3O2S. The lowest BCUT2D eigenvalue weighted by Crippen LogP contribution is -2.45. The Morgan fingerprint density at radius 2 is 2.08 bits per heavy atom. The van der Waals surface area contributed by atoms with Crippen molar-refractivity contribution in [3.05, 3.63) is 47.0 Å². The summed E-state index contributed by atoms with van der Waals surface area (Å²) in [6.45, 7) is 5.66. The van der Waals surface area contributed by atoms with E-state index >= 15 is 0 Å². The molecule has 5 nitrogen and oxygen atoms in total. The van der Waals surface area contributed by atoms with Crippen LogP contribution >= 0.6 is 11.3 Å². The van der Waals surface area contributed by atoms with Crippen molar-refractivity contribution in [1.82, 2.24) is 10.3 Å². The van der Waals surface area contributed by atoms with E-state index in [1.807, 2.05) is 6.07 Å². The van der Waals surface area contributed by atoms with Gasteiger partial charge in [0.2, 0.25) is 0 Å². The number of ether oxygens (including phenoxy) is 1. The number of thiazole rings is 1. The van der Waals surface area contributed by atoms with Gasteiger partial charge in [-0.2, -0.15) is 0 Å². The SMILES string of the molecule is CNc1nc(C(=O)NCC[C@@]2(c3ccccc3)CCOC(C)(C)C2)cs1. The Morgan fingerprint density at radius 1 is 1.31 bits per heavy atom. The Balaban J connectivity index is 1.69. The quantitative estimate of drug-likeness (QED) is 0.808. The van der Waals surface area contributed by atoms with Gasteiger partial charge in [-0.05, 0) is 38.7 Å². The maximum Gasteiger partial charge on any atom is 0.270 e. The molecule has 26 heavy (non-hydrogen) atoms. The van der Waals surface area contributed by atoms with Crippen LogP contribution < -0.4 is 10.6 Å². The van der Waals surface area contributed by atoms with Crippen molar-refractivity contribution >= 4 is 22.4 Å². The van der Waals surface area contributed by atoms with Crippen LogP contribution in [0.1, 0.15) is 49.2 Å². The summed E-state index contributed by atoms with van der Waals surface area (Å²) >= 11 is 1.44. The molecule has 0 unspecified atom stereocenters. The molecule has 1 aromatic heterocycles. The van der Waals surface area contributed by atoms with Gasteiger partial charge in [0.15, 0.2) is 5.13 Å². The highest BCUT2D eigenvalue weighted by Crippen LogP contribution is 2.43. The van der Waals surface area contributed by atoms with Crippen LogP contribution in [-0.2, 0) is 10.2 Å². The second-order valence-corrected chi connectivity index (χ2v) is 8.33. The Hall–Kier alpha value is -1.92. The molecule has 0 radical (unpaired) electrons. The number of aromatic nitrogens is 1. The number of carbonyl (C=O) groups is 1. The smallest absolute Gasteiger partial charge is 0.270 e. The lowest BCUT2D eigenvalue weighted by atomic mass is 9.67. The molecule has 0 saturated carbocycles. The predicted octanol–water partition coefficient (Wildman–Crippen LogP) is 3.83. The molecule has 0 aliphatic carbocycles. The standard InChI is InChI=1S/C20H27N3O2S/c1-19(2)14-20(10-12-25-19,15-7-5-4-6-8-15)9-11-22-17(24)16-13-26-18(21-3)23-16/h4-8,13H,9-12,14H2,1-3H3,(H,21,23)(H,22,24)/t20-/m1/s1. The molecule has 3 rings (SSSR count). The van der Waals surface area contributed by atoms with Gasteiger partial charge in [0.05, 0.1) is 5.60 Å². The van der Waals surface area contributed by atoms with E-state index in [0.717, 1.165) is 31.0 Å². The lowest BCUT2D eigenvalue weighted by Gasteiger charge is -2.45. The fraction of sp³-hybridized carbons (Fsp3) is 0.500. The minimum absolute atomic E-state index is 0.0223. The van der Waals surface area contributed by atoms with Gasteiger partial charge >= 0.3 is 0 Å². The molecular weight excluding hydrogens is 346 g/mol. The van der Waals surface area contributed by atoms with Crippen LogP contribution in [0.25, 0.3) is 0 Å². The number of carbonyl (C=O) groups excluding carboxylic acids is 1. The number of nitrogens with one attached hydrogen (secondary N) is 2. The van der Waals surface area contributed by atoms with Gasteiger partial charge in [-0.1, -0.05) is 30.3 Å². The predicted molar refractivity (Wildman–Crippen MR) is 106 cm³/mol. The normalized spacial score (nSPS) is 22.0. The number of benzene rings is 1. The molecule has 1 saturated heterocycles. The Labute approximate surface area is 159 Å². The number of rotatable bonds is 6. The topological polar surface area (TPSA) is 63.2 Å². The van der Waals surface area contributed by atoms with Crippen molar-refractivity contribution in [1.29, 1.82) is 0 Å². The monoisotopic (exact) mass is 373 g/mol. The third-order valence-corrected chi connectivity index (χ3v) is 5.92. The summed E-state index contributed by atoms with van der Waals surface area (Å²) in [7, 11) is 1.80. The molecule has 1 aliphatic rings. The average Bonchev–Trinajstić information content (AvgIpc) is 3.11. The molecule has 1 atom stereocenters. The molecule has 1 aliphatic heterocycles. The first-order chi connectivity index (χ1) is 12.4. The van der Waals surface area contributed by atoms with Crippen molar-refractivity contribution in [3.63, 3.8) is 0 Å². The Morgan fingerprint density at radius 3 is 2.73 bits per heavy atom. The van der Waals surface area contributed by atoms with Crippen LogP contribution in [-0.4, -0.2) is 36.7 Å². The van der Waals surface area contributed by atoms with Crippen LogP contribution in [0, 0.1) is 0 Å². The Kier molecular flexibility index (Phi) is 5.63. The van der Waals surface area contributed by atoms with Crippen LogP contribution in [0.5, 0.6) is 0 Å². The number of nitrogens with zero attached hydrogens (tertiary/aromatic N) is 1. The summed E-state index contributed by atoms with van der Waals surface area (Å²) in [6, 6.07) is 10.6. The summed E-state index contributed by atoms with van der Waals surface area (Å²) in [5.74, 6) is -0.114. The van der Waals surface area contributed by atoms with Gasteiger partial charge in [0.1, 0.15) is 5.69 Å². The molecule has 0 spiro atoms. The molecule has 2 N–H and O–H groups in total. The summed E-state index contributed by atoms with van der Waals surface area (Å²) in [4.78, 5) is 16.6. The summed E-state index contributed by atoms with van der Waals surface area (Å²) in [6.07, 6.45) is 2.80. The number of hydrogen-bond acceptors (Lipinski definition) is 5. The van der Waals surface area contributed by atoms with E-state index in [-0.39, 0.29) is 16.9 Å². The van der Waals surface area contributed by atoms with E-state index < -0.39 is 0 Å². The molecule has 1 amide bonds. The zero-order valence-corrected chi connectivity index (χ0v) is 16.5. The summed E-state index contributed by atoms with van der Waals surface area (Å²) in [5.41, 5.74) is 1.67. The highest BCUT2D eigenvalue weighted by Gasteiger charge is 2.41. The molecule has 6 heteroatoms. The van der Waals surface area contributed by atoms with E-state index in [2.05, 4.69) is 53.7 Å². The number of amides is 1. The van der Waals surface area contributed by atoms with E-state index in [1.54, 1.807) is 12.4 Å². The van der Waals surface area contributed by atoms with Crippen molar-refractivity contribution < 1.29 is 9.53 Å². The van der Waals surface area contributed by atoms with Gasteiger partial charge in [-0.25, -0.2) is 4.98 Å². The highest BCUT2D eigenvalue weighted by atomic mass is 32.1. The van der Waals surface area contributed by atoms with Gasteiger partial charge in [-0.3, -0.25) is 4.79 Å². The van der Waals surface area contributed by atoms with Gasteiger partial charge in [-0.15, -0.1) is 11.3 Å². The van der Waals surface area contributed by atoms with Crippen LogP contribution in [0.2, 0.25) is 0 Å². The zero-order valence-electron chi connectivity index (χ0n) is 15.7. The van der Waals surface area contributed by atoms with E-state index in [9.17, 15) is 4.79 Å². The minimum Gasteiger partial charge on any atom is -0.376 e. The molecule has 140 valence electrons. The fourth-order valence-corrected chi connectivity index (χ4v) is 4.52. The minimum atomic E-state index is -0.158. The molecule has 2 heterocycles. The van der Waals surface area contributed by atoms with Crippen molar-refractivity contribution in [2.75, 3.05) is 25.5 Å². The van der Waals surface area contributed by atoms with Crippen molar-refractivity contribution in [3.8, 4) is 0 Å². The molecule has 1 aromatic carbocycles. The molecule has 0 bridgehead atoms. The van der Waals surface area contributed by atoms with E-state index in [4.69, 9.17) is 4.74 Å². The van der Waals surface area contributed by atoms with Gasteiger partial charge in [0, 0.05) is 31.0 Å². The Bertz CT molecular complexity index is 745. The van der Waals surface area contributed by atoms with Crippen molar-refractivity contribution in [2.45, 2.75) is 44.1 Å². The lowest BCUT2D eigenvalue weighted by molar-refractivity contribution is -0.0838. The van der Waals surface area contributed by atoms with Gasteiger partial charge in [0.25, 0.3) is 5.91 Å². The third kappa shape index (κ3) is 4.24. The van der Waals surface area contributed by atoms with Crippen molar-refractivity contribution in [2.24, 2.45) is 0 Å². The molecule has 2 aromatic rings. The zero-order chi connectivity index (χ0) is 18.6. The number of anilines is 1. The first kappa shape index (κ1) is 18.9. The first-order valence-electron chi connectivity index (χ1n) is 9.05. The number of hydrogen-bond donors (Lipinski definition) is 2. The fourth-order valence-electron chi connectivity index (χ4n) is 3.87. The first-order valence-corrected chi connectivity index (χ1v) is 9.93. The maximum atomic E-state index is 12.4. The van der Waals surface area contributed by atoms with Crippen LogP contribution in [0.4, 0.5) is 5.13 Å². The second kappa shape index (κ2) is 7.76. The second-order valence-electron chi connectivity index (χ2n) is 7.48. The molecule has 1 fully saturated rings. The van der Waals surface area contributed by atoms with E-state index in [1.165, 1.54) is 16.9 Å². The average molecular weight is 374 g/mol. The van der Waals surface area contributed by atoms with Gasteiger partial charge < -0.3 is 15.4 Å². The van der Waals surface area contributed by atoms with E-state index in [0.29, 0.717) is 12.2 Å². The summed E-state index contributed by atoms with van der Waals surface area (Å²) < 4.78 is 5.95. The third-order valence-electron chi connectivity index (χ3n) is 5.06. The largest absolute Gasteiger partial charge is 0.376 e. The maximum absolute atomic E-state index is 12.4. The highest BCUT2D eigenvalue weighted by molar-refractivity contribution is 7.13. The summed E-state index contributed by atoms with van der Waals surface area (Å²) in [5, 5.41) is 8.54. The van der Waals surface area contributed by atoms with Crippen LogP contribution in [0.3, 0.4) is 0 Å². The van der Waals surface area contributed by atoms with Crippen LogP contribution in [0.15, 0.2) is 35.7 Å².